The minimum absolute atomic E-state index is 0.0996. The van der Waals surface area contributed by atoms with E-state index in [1.165, 1.54) is 19.3 Å². The van der Waals surface area contributed by atoms with Crippen molar-refractivity contribution in [2.24, 2.45) is 5.92 Å². The lowest BCUT2D eigenvalue weighted by Gasteiger charge is -2.21. The molecule has 0 aromatic carbocycles. The van der Waals surface area contributed by atoms with Crippen molar-refractivity contribution in [2.45, 2.75) is 57.2 Å². The Morgan fingerprint density at radius 1 is 1.40 bits per heavy atom. The first-order valence-corrected chi connectivity index (χ1v) is 6.59. The lowest BCUT2D eigenvalue weighted by Crippen LogP contribution is -2.35. The van der Waals surface area contributed by atoms with Crippen molar-refractivity contribution in [3.63, 3.8) is 0 Å². The summed E-state index contributed by atoms with van der Waals surface area (Å²) in [5, 5.41) is 3.07. The van der Waals surface area contributed by atoms with E-state index in [0.29, 0.717) is 6.54 Å². The maximum absolute atomic E-state index is 11.7. The van der Waals surface area contributed by atoms with Gasteiger partial charge in [-0.3, -0.25) is 4.79 Å². The third-order valence-corrected chi connectivity index (χ3v) is 3.45. The maximum atomic E-state index is 11.7. The van der Waals surface area contributed by atoms with Gasteiger partial charge in [0.1, 0.15) is 0 Å². The van der Waals surface area contributed by atoms with E-state index < -0.39 is 0 Å². The van der Waals surface area contributed by atoms with Gasteiger partial charge in [0.15, 0.2) is 0 Å². The monoisotopic (exact) mass is 231 g/mol. The fourth-order valence-corrected chi connectivity index (χ4v) is 2.43. The van der Waals surface area contributed by atoms with Crippen molar-refractivity contribution in [1.29, 1.82) is 0 Å². The maximum Gasteiger partial charge on any atom is 0.223 e. The van der Waals surface area contributed by atoms with Gasteiger partial charge in [-0.25, -0.2) is 0 Å². The van der Waals surface area contributed by atoms with Crippen molar-refractivity contribution in [3.05, 3.63) is 0 Å². The molecule has 0 saturated heterocycles. The standard InChI is InChI=1S/C12H22ClNO/c1-2-6-11(13)9-14-12(15)10-7-4-3-5-8-10/h10-11H,2-9H2,1H3,(H,14,15). The summed E-state index contributed by atoms with van der Waals surface area (Å²) >= 11 is 6.05. The molecule has 1 rings (SSSR count). The van der Waals surface area contributed by atoms with Gasteiger partial charge >= 0.3 is 0 Å². The highest BCUT2D eigenvalue weighted by Crippen LogP contribution is 2.23. The Morgan fingerprint density at radius 3 is 2.67 bits per heavy atom. The summed E-state index contributed by atoms with van der Waals surface area (Å²) in [6, 6.07) is 0. The number of carbonyl (C=O) groups is 1. The van der Waals surface area contributed by atoms with Crippen LogP contribution in [0.25, 0.3) is 0 Å². The quantitative estimate of drug-likeness (QED) is 0.724. The predicted molar refractivity (Wildman–Crippen MR) is 64.1 cm³/mol. The van der Waals surface area contributed by atoms with E-state index in [1.807, 2.05) is 0 Å². The Morgan fingerprint density at radius 2 is 2.07 bits per heavy atom. The number of hydrogen-bond donors (Lipinski definition) is 1. The predicted octanol–water partition coefficient (Wildman–Crippen LogP) is 3.09. The number of hydrogen-bond acceptors (Lipinski definition) is 1. The first kappa shape index (κ1) is 12.8. The number of carbonyl (C=O) groups excluding carboxylic acids is 1. The highest BCUT2D eigenvalue weighted by molar-refractivity contribution is 6.20. The molecule has 1 amide bonds. The molecule has 0 aromatic heterocycles. The number of halogens is 1. The molecule has 1 aliphatic carbocycles. The molecular weight excluding hydrogens is 210 g/mol. The van der Waals surface area contributed by atoms with Gasteiger partial charge in [-0.1, -0.05) is 32.6 Å². The molecule has 15 heavy (non-hydrogen) atoms. The molecule has 1 N–H and O–H groups in total. The van der Waals surface area contributed by atoms with E-state index in [1.54, 1.807) is 0 Å². The van der Waals surface area contributed by atoms with Crippen molar-refractivity contribution < 1.29 is 4.79 Å². The third-order valence-electron chi connectivity index (χ3n) is 3.08. The minimum Gasteiger partial charge on any atom is -0.354 e. The fraction of sp³-hybridized carbons (Fsp3) is 0.917. The zero-order chi connectivity index (χ0) is 11.1. The Kier molecular flexibility index (Phi) is 6.07. The lowest BCUT2D eigenvalue weighted by molar-refractivity contribution is -0.125. The van der Waals surface area contributed by atoms with Crippen LogP contribution in [0.3, 0.4) is 0 Å². The van der Waals surface area contributed by atoms with Crippen LogP contribution < -0.4 is 5.32 Å². The SMILES string of the molecule is CCCC(Cl)CNC(=O)C1CCCCC1. The second-order valence-electron chi connectivity index (χ2n) is 4.47. The van der Waals surface area contributed by atoms with E-state index in [4.69, 9.17) is 11.6 Å². The summed E-state index contributed by atoms with van der Waals surface area (Å²) in [4.78, 5) is 11.7. The summed E-state index contributed by atoms with van der Waals surface area (Å²) in [6.45, 7) is 2.74. The van der Waals surface area contributed by atoms with E-state index in [2.05, 4.69) is 12.2 Å². The molecule has 0 spiro atoms. The number of amides is 1. The van der Waals surface area contributed by atoms with Gasteiger partial charge in [0.05, 0.1) is 5.38 Å². The molecule has 0 aliphatic heterocycles. The van der Waals surface area contributed by atoms with Crippen molar-refractivity contribution >= 4 is 17.5 Å². The first-order chi connectivity index (χ1) is 7.24. The largest absolute Gasteiger partial charge is 0.354 e. The summed E-state index contributed by atoms with van der Waals surface area (Å²) in [6.07, 6.45) is 7.88. The van der Waals surface area contributed by atoms with Gasteiger partial charge < -0.3 is 5.32 Å². The number of rotatable bonds is 5. The summed E-state index contributed by atoms with van der Waals surface area (Å²) in [7, 11) is 0. The van der Waals surface area contributed by atoms with Gasteiger partial charge in [-0.15, -0.1) is 11.6 Å². The zero-order valence-electron chi connectivity index (χ0n) is 9.60. The van der Waals surface area contributed by atoms with Crippen LogP contribution in [0.4, 0.5) is 0 Å². The third kappa shape index (κ3) is 4.87. The molecule has 1 saturated carbocycles. The number of alkyl halides is 1. The molecule has 88 valence electrons. The molecule has 1 atom stereocenters. The molecule has 2 nitrogen and oxygen atoms in total. The summed E-state index contributed by atoms with van der Waals surface area (Å²) in [5.74, 6) is 0.473. The van der Waals surface area contributed by atoms with Crippen LogP contribution >= 0.6 is 11.6 Å². The van der Waals surface area contributed by atoms with Crippen molar-refractivity contribution in [3.8, 4) is 0 Å². The van der Waals surface area contributed by atoms with Crippen molar-refractivity contribution in [2.75, 3.05) is 6.54 Å². The smallest absolute Gasteiger partial charge is 0.223 e. The molecular formula is C12H22ClNO. The van der Waals surface area contributed by atoms with Crippen LogP contribution in [-0.2, 0) is 4.79 Å². The normalized spacial score (nSPS) is 19.9. The van der Waals surface area contributed by atoms with E-state index >= 15 is 0 Å². The van der Waals surface area contributed by atoms with E-state index in [0.717, 1.165) is 25.7 Å². The van der Waals surface area contributed by atoms with Crippen LogP contribution in [-0.4, -0.2) is 17.8 Å². The molecule has 1 fully saturated rings. The summed E-state index contributed by atoms with van der Waals surface area (Å²) < 4.78 is 0. The summed E-state index contributed by atoms with van der Waals surface area (Å²) in [5.41, 5.74) is 0. The highest BCUT2D eigenvalue weighted by Gasteiger charge is 2.21. The minimum atomic E-state index is 0.0996. The second kappa shape index (κ2) is 7.10. The van der Waals surface area contributed by atoms with Crippen LogP contribution in [0.5, 0.6) is 0 Å². The Bertz CT molecular complexity index is 190. The molecule has 0 heterocycles. The molecule has 0 aromatic rings. The van der Waals surface area contributed by atoms with Gasteiger partial charge in [0.2, 0.25) is 5.91 Å². The van der Waals surface area contributed by atoms with Crippen LogP contribution in [0.15, 0.2) is 0 Å². The Hall–Kier alpha value is -0.240. The second-order valence-corrected chi connectivity index (χ2v) is 5.08. The van der Waals surface area contributed by atoms with E-state index in [-0.39, 0.29) is 17.2 Å². The molecule has 0 bridgehead atoms. The van der Waals surface area contributed by atoms with Gasteiger partial charge in [0.25, 0.3) is 0 Å². The first-order valence-electron chi connectivity index (χ1n) is 6.15. The number of nitrogens with one attached hydrogen (secondary N) is 1. The Balaban J connectivity index is 2.16. The Labute approximate surface area is 97.8 Å². The van der Waals surface area contributed by atoms with Crippen LogP contribution in [0, 0.1) is 5.92 Å². The topological polar surface area (TPSA) is 29.1 Å². The fourth-order valence-electron chi connectivity index (χ4n) is 2.14. The zero-order valence-corrected chi connectivity index (χ0v) is 10.4. The van der Waals surface area contributed by atoms with Crippen LogP contribution in [0.1, 0.15) is 51.9 Å². The van der Waals surface area contributed by atoms with Gasteiger partial charge in [-0.05, 0) is 19.3 Å². The van der Waals surface area contributed by atoms with E-state index in [9.17, 15) is 4.79 Å². The molecule has 1 unspecified atom stereocenters. The lowest BCUT2D eigenvalue weighted by atomic mass is 9.89. The molecule has 1 aliphatic rings. The highest BCUT2D eigenvalue weighted by atomic mass is 35.5. The van der Waals surface area contributed by atoms with Crippen LogP contribution in [0.2, 0.25) is 0 Å². The molecule has 0 radical (unpaired) electrons. The average molecular weight is 232 g/mol. The molecule has 3 heteroatoms. The van der Waals surface area contributed by atoms with Gasteiger partial charge in [0, 0.05) is 12.5 Å². The van der Waals surface area contributed by atoms with Crippen molar-refractivity contribution in [1.82, 2.24) is 5.32 Å². The van der Waals surface area contributed by atoms with Gasteiger partial charge in [-0.2, -0.15) is 0 Å². The average Bonchev–Trinajstić information content (AvgIpc) is 2.27.